The van der Waals surface area contributed by atoms with Gasteiger partial charge in [-0.25, -0.2) is 0 Å². The van der Waals surface area contributed by atoms with Gasteiger partial charge in [0.15, 0.2) is 0 Å². The molecule has 0 radical (unpaired) electrons. The van der Waals surface area contributed by atoms with Crippen molar-refractivity contribution in [2.75, 3.05) is 13.7 Å². The van der Waals surface area contributed by atoms with Gasteiger partial charge in [0.2, 0.25) is 0 Å². The zero-order chi connectivity index (χ0) is 10.4. The van der Waals surface area contributed by atoms with Gasteiger partial charge in [-0.1, -0.05) is 0 Å². The Hall–Kier alpha value is -0.450. The molecule has 0 aliphatic heterocycles. The Kier molecular flexibility index (Phi) is 5.07. The average molecular weight is 259 g/mol. The average Bonchev–Trinajstić information content (AvgIpc) is 2.18. The van der Waals surface area contributed by atoms with Crippen LogP contribution in [0.25, 0.3) is 0 Å². The van der Waals surface area contributed by atoms with Crippen LogP contribution >= 0.6 is 15.9 Å². The zero-order valence-electron chi connectivity index (χ0n) is 8.24. The molecule has 0 aliphatic rings. The summed E-state index contributed by atoms with van der Waals surface area (Å²) in [7, 11) is 1.69. The van der Waals surface area contributed by atoms with Crippen LogP contribution in [-0.4, -0.2) is 24.7 Å². The SMILES string of the molecule is COCCC(N)Cc1ccc(Br)cn1. The van der Waals surface area contributed by atoms with Crippen molar-refractivity contribution in [3.63, 3.8) is 0 Å². The van der Waals surface area contributed by atoms with Crippen molar-refractivity contribution in [2.24, 2.45) is 5.73 Å². The van der Waals surface area contributed by atoms with Crippen LogP contribution in [0.5, 0.6) is 0 Å². The van der Waals surface area contributed by atoms with Crippen LogP contribution in [0.4, 0.5) is 0 Å². The first-order chi connectivity index (χ1) is 6.72. The van der Waals surface area contributed by atoms with Gasteiger partial charge < -0.3 is 10.5 Å². The number of ether oxygens (including phenoxy) is 1. The lowest BCUT2D eigenvalue weighted by Crippen LogP contribution is -2.24. The molecule has 0 aliphatic carbocycles. The molecule has 0 amide bonds. The molecule has 1 aromatic rings. The van der Waals surface area contributed by atoms with E-state index in [1.54, 1.807) is 13.3 Å². The lowest BCUT2D eigenvalue weighted by Gasteiger charge is -2.09. The quantitative estimate of drug-likeness (QED) is 0.876. The Labute approximate surface area is 92.8 Å². The second-order valence-corrected chi connectivity index (χ2v) is 4.13. The van der Waals surface area contributed by atoms with Crippen molar-refractivity contribution in [3.8, 4) is 0 Å². The largest absolute Gasteiger partial charge is 0.385 e. The summed E-state index contributed by atoms with van der Waals surface area (Å²) in [4.78, 5) is 4.26. The van der Waals surface area contributed by atoms with Crippen molar-refractivity contribution in [2.45, 2.75) is 18.9 Å². The van der Waals surface area contributed by atoms with Gasteiger partial charge in [-0.2, -0.15) is 0 Å². The Morgan fingerprint density at radius 3 is 2.93 bits per heavy atom. The van der Waals surface area contributed by atoms with E-state index in [1.165, 1.54) is 0 Å². The van der Waals surface area contributed by atoms with Gasteiger partial charge in [-0.15, -0.1) is 0 Å². The van der Waals surface area contributed by atoms with Crippen molar-refractivity contribution in [3.05, 3.63) is 28.5 Å². The lowest BCUT2D eigenvalue weighted by molar-refractivity contribution is 0.187. The van der Waals surface area contributed by atoms with Gasteiger partial charge >= 0.3 is 0 Å². The molecular weight excluding hydrogens is 244 g/mol. The first kappa shape index (κ1) is 11.6. The predicted molar refractivity (Wildman–Crippen MR) is 60.1 cm³/mol. The van der Waals surface area contributed by atoms with Crippen LogP contribution < -0.4 is 5.73 Å². The minimum Gasteiger partial charge on any atom is -0.385 e. The third kappa shape index (κ3) is 4.17. The molecule has 3 nitrogen and oxygen atoms in total. The summed E-state index contributed by atoms with van der Waals surface area (Å²) in [6.45, 7) is 0.706. The summed E-state index contributed by atoms with van der Waals surface area (Å²) in [5, 5.41) is 0. The van der Waals surface area contributed by atoms with E-state index in [1.807, 2.05) is 12.1 Å². The van der Waals surface area contributed by atoms with Gasteiger partial charge in [0.1, 0.15) is 0 Å². The fourth-order valence-corrected chi connectivity index (χ4v) is 1.40. The van der Waals surface area contributed by atoms with Gasteiger partial charge in [0, 0.05) is 42.5 Å². The van der Waals surface area contributed by atoms with Crippen LogP contribution in [0.2, 0.25) is 0 Å². The number of nitrogens with zero attached hydrogens (tertiary/aromatic N) is 1. The van der Waals surface area contributed by atoms with E-state index in [2.05, 4.69) is 20.9 Å². The molecule has 0 bridgehead atoms. The maximum Gasteiger partial charge on any atom is 0.0477 e. The molecule has 1 atom stereocenters. The second-order valence-electron chi connectivity index (χ2n) is 3.21. The summed E-state index contributed by atoms with van der Waals surface area (Å²) >= 11 is 3.34. The Bertz CT molecular complexity index is 263. The van der Waals surface area contributed by atoms with Crippen molar-refractivity contribution in [1.29, 1.82) is 0 Å². The molecule has 1 unspecified atom stereocenters. The number of aromatic nitrogens is 1. The lowest BCUT2D eigenvalue weighted by atomic mass is 10.1. The van der Waals surface area contributed by atoms with Gasteiger partial charge in [0.05, 0.1) is 0 Å². The van der Waals surface area contributed by atoms with Gasteiger partial charge in [0.25, 0.3) is 0 Å². The van der Waals surface area contributed by atoms with Gasteiger partial charge in [-0.3, -0.25) is 4.98 Å². The van der Waals surface area contributed by atoms with E-state index in [9.17, 15) is 0 Å². The van der Waals surface area contributed by atoms with E-state index >= 15 is 0 Å². The highest BCUT2D eigenvalue weighted by Crippen LogP contribution is 2.09. The minimum absolute atomic E-state index is 0.128. The normalized spacial score (nSPS) is 12.8. The number of pyridine rings is 1. The maximum absolute atomic E-state index is 5.90. The fourth-order valence-electron chi connectivity index (χ4n) is 1.17. The molecule has 0 aromatic carbocycles. The van der Waals surface area contributed by atoms with Gasteiger partial charge in [-0.05, 0) is 34.5 Å². The highest BCUT2D eigenvalue weighted by molar-refractivity contribution is 9.10. The maximum atomic E-state index is 5.90. The second kappa shape index (κ2) is 6.11. The summed E-state index contributed by atoms with van der Waals surface area (Å²) in [5.41, 5.74) is 6.92. The molecule has 14 heavy (non-hydrogen) atoms. The molecular formula is C10H15BrN2O. The number of hydrogen-bond acceptors (Lipinski definition) is 3. The number of nitrogens with two attached hydrogens (primary N) is 1. The third-order valence-electron chi connectivity index (χ3n) is 1.95. The molecule has 1 rings (SSSR count). The molecule has 0 fully saturated rings. The first-order valence-electron chi connectivity index (χ1n) is 4.57. The summed E-state index contributed by atoms with van der Waals surface area (Å²) < 4.78 is 5.95. The molecule has 0 spiro atoms. The third-order valence-corrected chi connectivity index (χ3v) is 2.42. The van der Waals surface area contributed by atoms with Crippen LogP contribution in [0.3, 0.4) is 0 Å². The van der Waals surface area contributed by atoms with Crippen molar-refractivity contribution >= 4 is 15.9 Å². The number of methoxy groups -OCH3 is 1. The molecule has 1 aromatic heterocycles. The van der Waals surface area contributed by atoms with Crippen LogP contribution in [0.1, 0.15) is 12.1 Å². The van der Waals surface area contributed by atoms with Crippen molar-refractivity contribution < 1.29 is 4.74 Å². The topological polar surface area (TPSA) is 48.1 Å². The summed E-state index contributed by atoms with van der Waals surface area (Å²) in [5.74, 6) is 0. The van der Waals surface area contributed by atoms with E-state index in [0.717, 1.165) is 23.0 Å². The highest BCUT2D eigenvalue weighted by Gasteiger charge is 2.04. The molecule has 2 N–H and O–H groups in total. The minimum atomic E-state index is 0.128. The Morgan fingerprint density at radius 2 is 2.36 bits per heavy atom. The molecule has 0 saturated heterocycles. The summed E-state index contributed by atoms with van der Waals surface area (Å²) in [6.07, 6.45) is 3.46. The zero-order valence-corrected chi connectivity index (χ0v) is 9.83. The monoisotopic (exact) mass is 258 g/mol. The van der Waals surface area contributed by atoms with E-state index in [4.69, 9.17) is 10.5 Å². The fraction of sp³-hybridized carbons (Fsp3) is 0.500. The molecule has 78 valence electrons. The highest BCUT2D eigenvalue weighted by atomic mass is 79.9. The number of rotatable bonds is 5. The smallest absolute Gasteiger partial charge is 0.0477 e. The first-order valence-corrected chi connectivity index (χ1v) is 5.36. The Balaban J connectivity index is 2.39. The summed E-state index contributed by atoms with van der Waals surface area (Å²) in [6, 6.07) is 4.09. The number of halogens is 1. The molecule has 4 heteroatoms. The Morgan fingerprint density at radius 1 is 1.57 bits per heavy atom. The number of hydrogen-bond donors (Lipinski definition) is 1. The van der Waals surface area contributed by atoms with E-state index in [0.29, 0.717) is 6.61 Å². The van der Waals surface area contributed by atoms with Crippen LogP contribution in [0.15, 0.2) is 22.8 Å². The van der Waals surface area contributed by atoms with E-state index < -0.39 is 0 Å². The van der Waals surface area contributed by atoms with Crippen molar-refractivity contribution in [1.82, 2.24) is 4.98 Å². The standard InChI is InChI=1S/C10H15BrN2O/c1-14-5-4-9(12)6-10-3-2-8(11)7-13-10/h2-3,7,9H,4-6,12H2,1H3. The molecule has 1 heterocycles. The van der Waals surface area contributed by atoms with E-state index in [-0.39, 0.29) is 6.04 Å². The predicted octanol–water partition coefficient (Wildman–Crippen LogP) is 1.75. The molecule has 0 saturated carbocycles. The van der Waals surface area contributed by atoms with Crippen LogP contribution in [0, 0.1) is 0 Å². The van der Waals surface area contributed by atoms with Crippen LogP contribution in [-0.2, 0) is 11.2 Å².